The lowest BCUT2D eigenvalue weighted by Gasteiger charge is -2.15. The van der Waals surface area contributed by atoms with E-state index in [1.165, 1.54) is 50.5 Å². The molecule has 252 valence electrons. The van der Waals surface area contributed by atoms with Crippen LogP contribution < -0.4 is 34.9 Å². The number of thioether (sulfide) groups is 1. The van der Waals surface area contributed by atoms with Crippen LogP contribution in [0, 0.1) is 0 Å². The first-order valence-electron chi connectivity index (χ1n) is 14.9. The van der Waals surface area contributed by atoms with Gasteiger partial charge in [-0.1, -0.05) is 29.5 Å². The van der Waals surface area contributed by atoms with Crippen LogP contribution in [0.3, 0.4) is 0 Å². The maximum Gasteiger partial charge on any atom is 0.272 e. The number of ether oxygens (including phenoxy) is 4. The fourth-order valence-electron chi connectivity index (χ4n) is 4.66. The number of carbonyl (C=O) groups is 3. The number of nitrogens with zero attached hydrogens (tertiary/aromatic N) is 1. The van der Waals surface area contributed by atoms with Crippen molar-refractivity contribution < 1.29 is 33.3 Å². The van der Waals surface area contributed by atoms with Crippen LogP contribution in [0.1, 0.15) is 22.8 Å². The van der Waals surface area contributed by atoms with Gasteiger partial charge in [0.05, 0.1) is 43.9 Å². The molecule has 5 rings (SSSR count). The predicted octanol–water partition coefficient (Wildman–Crippen LogP) is 6.86. The van der Waals surface area contributed by atoms with Crippen molar-refractivity contribution in [2.45, 2.75) is 17.1 Å². The van der Waals surface area contributed by atoms with Crippen molar-refractivity contribution in [1.29, 1.82) is 0 Å². The average molecular weight is 699 g/mol. The van der Waals surface area contributed by atoms with Crippen LogP contribution in [0.2, 0.25) is 0 Å². The number of amides is 3. The zero-order chi connectivity index (χ0) is 34.9. The summed E-state index contributed by atoms with van der Waals surface area (Å²) in [4.78, 5) is 44.9. The number of fused-ring (bicyclic) bond motifs is 1. The molecule has 1 atom stereocenters. The van der Waals surface area contributed by atoms with Gasteiger partial charge in [0.25, 0.3) is 11.8 Å². The lowest BCUT2D eigenvalue weighted by Crippen LogP contribution is -2.30. The van der Waals surface area contributed by atoms with E-state index in [-0.39, 0.29) is 11.6 Å². The molecular formula is C36H34N4O7S2. The SMILES string of the molecule is COc1ccc2nc(NC(=O)C(C)Sc3ccc(NC(=O)/C(=C/c4cc(OC)c(OC)c(OC)c4)NC(=O)c4ccccc4)cc3)sc2c1. The van der Waals surface area contributed by atoms with Crippen LogP contribution >= 0.6 is 23.1 Å². The summed E-state index contributed by atoms with van der Waals surface area (Å²) in [5.41, 5.74) is 2.16. The van der Waals surface area contributed by atoms with Gasteiger partial charge in [-0.05, 0) is 85.3 Å². The Morgan fingerprint density at radius 3 is 2.14 bits per heavy atom. The Bertz CT molecular complexity index is 1970. The quantitative estimate of drug-likeness (QED) is 0.0890. The third-order valence-electron chi connectivity index (χ3n) is 7.15. The molecule has 13 heteroatoms. The summed E-state index contributed by atoms with van der Waals surface area (Å²) in [5.74, 6) is 0.685. The number of benzene rings is 4. The summed E-state index contributed by atoms with van der Waals surface area (Å²) in [6.45, 7) is 1.81. The Balaban J connectivity index is 1.29. The zero-order valence-electron chi connectivity index (χ0n) is 27.4. The number of thiazole rings is 1. The van der Waals surface area contributed by atoms with E-state index >= 15 is 0 Å². The van der Waals surface area contributed by atoms with E-state index in [2.05, 4.69) is 20.9 Å². The molecule has 3 N–H and O–H groups in total. The molecule has 0 aliphatic rings. The molecule has 3 amide bonds. The van der Waals surface area contributed by atoms with Gasteiger partial charge in [0.1, 0.15) is 11.4 Å². The van der Waals surface area contributed by atoms with Crippen LogP contribution in [0.4, 0.5) is 10.8 Å². The minimum atomic E-state index is -0.556. The maximum atomic E-state index is 13.6. The van der Waals surface area contributed by atoms with Crippen molar-refractivity contribution in [2.24, 2.45) is 0 Å². The topological polar surface area (TPSA) is 137 Å². The first-order chi connectivity index (χ1) is 23.7. The molecule has 1 heterocycles. The molecule has 0 saturated heterocycles. The number of hydrogen-bond acceptors (Lipinski definition) is 10. The van der Waals surface area contributed by atoms with Crippen molar-refractivity contribution in [2.75, 3.05) is 39.1 Å². The summed E-state index contributed by atoms with van der Waals surface area (Å²) in [5, 5.41) is 8.54. The monoisotopic (exact) mass is 698 g/mol. The first kappa shape index (κ1) is 34.8. The Labute approximate surface area is 291 Å². The second-order valence-corrected chi connectivity index (χ2v) is 12.9. The predicted molar refractivity (Wildman–Crippen MR) is 193 cm³/mol. The summed E-state index contributed by atoms with van der Waals surface area (Å²) < 4.78 is 22.5. The normalized spacial score (nSPS) is 11.7. The molecule has 0 aliphatic heterocycles. The Hall–Kier alpha value is -5.53. The highest BCUT2D eigenvalue weighted by Gasteiger charge is 2.19. The van der Waals surface area contributed by atoms with E-state index < -0.39 is 17.1 Å². The first-order valence-corrected chi connectivity index (χ1v) is 16.6. The highest BCUT2D eigenvalue weighted by molar-refractivity contribution is 8.00. The number of aromatic nitrogens is 1. The summed E-state index contributed by atoms with van der Waals surface area (Å²) in [6, 6.07) is 24.5. The fourth-order valence-corrected chi connectivity index (χ4v) is 6.42. The highest BCUT2D eigenvalue weighted by Crippen LogP contribution is 2.39. The molecule has 0 aliphatic carbocycles. The molecule has 0 bridgehead atoms. The minimum Gasteiger partial charge on any atom is -0.497 e. The van der Waals surface area contributed by atoms with E-state index in [0.29, 0.717) is 39.2 Å². The number of nitrogens with one attached hydrogen (secondary N) is 3. The van der Waals surface area contributed by atoms with Crippen molar-refractivity contribution in [3.63, 3.8) is 0 Å². The van der Waals surface area contributed by atoms with Crippen LogP contribution in [-0.2, 0) is 9.59 Å². The molecule has 0 fully saturated rings. The van der Waals surface area contributed by atoms with E-state index in [4.69, 9.17) is 18.9 Å². The number of methoxy groups -OCH3 is 4. The lowest BCUT2D eigenvalue weighted by atomic mass is 10.1. The van der Waals surface area contributed by atoms with E-state index in [0.717, 1.165) is 20.9 Å². The average Bonchev–Trinajstić information content (AvgIpc) is 3.53. The standard InChI is InChI=1S/C36H34N4O7S2/c1-21(33(41)40-36-39-27-16-13-25(44-2)20-31(27)49-36)48-26-14-11-24(12-15-26)37-35(43)28(38-34(42)23-9-7-6-8-10-23)17-22-18-29(45-3)32(47-5)30(19-22)46-4/h6-21H,1-5H3,(H,37,43)(H,38,42)(H,39,40,41)/b28-17-. The van der Waals surface area contributed by atoms with Crippen molar-refractivity contribution in [1.82, 2.24) is 10.3 Å². The summed E-state index contributed by atoms with van der Waals surface area (Å²) in [7, 11) is 6.08. The van der Waals surface area contributed by atoms with Gasteiger partial charge in [-0.2, -0.15) is 0 Å². The van der Waals surface area contributed by atoms with Crippen LogP contribution in [-0.4, -0.2) is 56.4 Å². The molecular weight excluding hydrogens is 665 g/mol. The van der Waals surface area contributed by atoms with E-state index in [9.17, 15) is 14.4 Å². The lowest BCUT2D eigenvalue weighted by molar-refractivity contribution is -0.115. The maximum absolute atomic E-state index is 13.6. The van der Waals surface area contributed by atoms with Gasteiger partial charge in [0.15, 0.2) is 16.6 Å². The van der Waals surface area contributed by atoms with Crippen LogP contribution in [0.5, 0.6) is 23.0 Å². The molecule has 49 heavy (non-hydrogen) atoms. The Kier molecular flexibility index (Phi) is 11.4. The molecule has 0 radical (unpaired) electrons. The molecule has 1 unspecified atom stereocenters. The highest BCUT2D eigenvalue weighted by atomic mass is 32.2. The van der Waals surface area contributed by atoms with Gasteiger partial charge in [-0.25, -0.2) is 4.98 Å². The number of carbonyl (C=O) groups excluding carboxylic acids is 3. The van der Waals surface area contributed by atoms with Gasteiger partial charge >= 0.3 is 0 Å². The van der Waals surface area contributed by atoms with Gasteiger partial charge < -0.3 is 34.9 Å². The van der Waals surface area contributed by atoms with Gasteiger partial charge in [-0.15, -0.1) is 11.8 Å². The minimum absolute atomic E-state index is 0.0137. The third-order valence-corrected chi connectivity index (χ3v) is 9.19. The second-order valence-electron chi connectivity index (χ2n) is 10.4. The van der Waals surface area contributed by atoms with Crippen LogP contribution in [0.15, 0.2) is 95.5 Å². The Morgan fingerprint density at radius 2 is 1.51 bits per heavy atom. The number of anilines is 2. The molecule has 11 nitrogen and oxygen atoms in total. The molecule has 0 saturated carbocycles. The second kappa shape index (κ2) is 16.0. The smallest absolute Gasteiger partial charge is 0.272 e. The summed E-state index contributed by atoms with van der Waals surface area (Å²) >= 11 is 2.74. The van der Waals surface area contributed by atoms with Crippen molar-refractivity contribution in [3.8, 4) is 23.0 Å². The Morgan fingerprint density at radius 1 is 0.816 bits per heavy atom. The number of rotatable bonds is 13. The van der Waals surface area contributed by atoms with Gasteiger partial charge in [0, 0.05) is 16.1 Å². The molecule has 4 aromatic carbocycles. The molecule has 1 aromatic heterocycles. The summed E-state index contributed by atoms with van der Waals surface area (Å²) in [6.07, 6.45) is 1.52. The zero-order valence-corrected chi connectivity index (χ0v) is 29.0. The third kappa shape index (κ3) is 8.69. The van der Waals surface area contributed by atoms with E-state index in [1.54, 1.807) is 73.8 Å². The fraction of sp³-hybridized carbons (Fsp3) is 0.167. The van der Waals surface area contributed by atoms with Crippen LogP contribution in [0.25, 0.3) is 16.3 Å². The van der Waals surface area contributed by atoms with Crippen molar-refractivity contribution >= 4 is 67.9 Å². The number of hydrogen-bond donors (Lipinski definition) is 3. The van der Waals surface area contributed by atoms with Gasteiger partial charge in [0.2, 0.25) is 11.7 Å². The molecule has 5 aromatic rings. The molecule has 0 spiro atoms. The van der Waals surface area contributed by atoms with Crippen molar-refractivity contribution in [3.05, 3.63) is 102 Å². The van der Waals surface area contributed by atoms with Gasteiger partial charge in [-0.3, -0.25) is 14.4 Å². The van der Waals surface area contributed by atoms with E-state index in [1.807, 2.05) is 25.1 Å². The largest absolute Gasteiger partial charge is 0.497 e.